The number of carboxylic acid groups (broad SMARTS) is 1. The van der Waals surface area contributed by atoms with Crippen LogP contribution in [0, 0.1) is 0 Å². The van der Waals surface area contributed by atoms with E-state index in [1.807, 2.05) is 30.3 Å². The Hall–Kier alpha value is -1.59. The lowest BCUT2D eigenvalue weighted by Gasteiger charge is -2.26. The van der Waals surface area contributed by atoms with Gasteiger partial charge in [-0.15, -0.1) is 0 Å². The third-order valence-corrected chi connectivity index (χ3v) is 2.37. The van der Waals surface area contributed by atoms with E-state index in [2.05, 4.69) is 0 Å². The van der Waals surface area contributed by atoms with Gasteiger partial charge in [0.2, 0.25) is 0 Å². The van der Waals surface area contributed by atoms with Crippen LogP contribution in [0.3, 0.4) is 0 Å². The molecule has 16 heavy (non-hydrogen) atoms. The van der Waals surface area contributed by atoms with E-state index in [0.29, 0.717) is 0 Å². The van der Waals surface area contributed by atoms with E-state index < -0.39 is 12.1 Å². The van der Waals surface area contributed by atoms with Crippen LogP contribution in [0.25, 0.3) is 0 Å². The van der Waals surface area contributed by atoms with Gasteiger partial charge < -0.3 is 15.9 Å². The lowest BCUT2D eigenvalue weighted by molar-refractivity contribution is 0.0961. The van der Waals surface area contributed by atoms with Crippen LogP contribution < -0.4 is 5.73 Å². The molecule has 5 heteroatoms. The Morgan fingerprint density at radius 3 is 2.44 bits per heavy atom. The van der Waals surface area contributed by atoms with Crippen LogP contribution in [0.2, 0.25) is 0 Å². The Morgan fingerprint density at radius 1 is 1.38 bits per heavy atom. The van der Waals surface area contributed by atoms with Crippen molar-refractivity contribution in [1.82, 2.24) is 4.90 Å². The molecule has 4 N–H and O–H groups in total. The lowest BCUT2D eigenvalue weighted by atomic mass is 10.2. The quantitative estimate of drug-likeness (QED) is 0.679. The number of aliphatic hydroxyl groups is 1. The van der Waals surface area contributed by atoms with Crippen molar-refractivity contribution in [3.05, 3.63) is 35.9 Å². The van der Waals surface area contributed by atoms with E-state index >= 15 is 0 Å². The number of rotatable bonds is 5. The van der Waals surface area contributed by atoms with Crippen molar-refractivity contribution in [2.45, 2.75) is 12.6 Å². The second kappa shape index (κ2) is 6.09. The Bertz CT molecular complexity index is 325. The van der Waals surface area contributed by atoms with E-state index in [1.54, 1.807) is 0 Å². The molecule has 0 heterocycles. The summed E-state index contributed by atoms with van der Waals surface area (Å²) in [5.74, 6) is 0. The van der Waals surface area contributed by atoms with E-state index in [-0.39, 0.29) is 19.7 Å². The molecule has 0 aliphatic rings. The van der Waals surface area contributed by atoms with Crippen molar-refractivity contribution in [2.24, 2.45) is 5.73 Å². The average Bonchev–Trinajstić information content (AvgIpc) is 2.30. The van der Waals surface area contributed by atoms with Crippen LogP contribution in [-0.4, -0.2) is 40.4 Å². The molecule has 0 bridgehead atoms. The first-order valence-electron chi connectivity index (χ1n) is 5.03. The number of hydrogen-bond acceptors (Lipinski definition) is 3. The molecule has 0 aliphatic heterocycles. The fourth-order valence-corrected chi connectivity index (χ4v) is 1.43. The highest BCUT2D eigenvalue weighted by atomic mass is 16.4. The largest absolute Gasteiger partial charge is 0.465 e. The molecule has 0 saturated heterocycles. The molecule has 1 aromatic carbocycles. The van der Waals surface area contributed by atoms with Crippen molar-refractivity contribution in [1.29, 1.82) is 0 Å². The first-order chi connectivity index (χ1) is 7.69. The number of carbonyl (C=O) groups is 1. The fraction of sp³-hybridized carbons (Fsp3) is 0.364. The van der Waals surface area contributed by atoms with Crippen molar-refractivity contribution < 1.29 is 15.0 Å². The maximum absolute atomic E-state index is 11.0. The van der Waals surface area contributed by atoms with Crippen LogP contribution >= 0.6 is 0 Å². The highest BCUT2D eigenvalue weighted by Crippen LogP contribution is 2.08. The summed E-state index contributed by atoms with van der Waals surface area (Å²) >= 11 is 0. The number of amides is 1. The van der Waals surface area contributed by atoms with E-state index in [1.165, 1.54) is 0 Å². The fourth-order valence-electron chi connectivity index (χ4n) is 1.43. The van der Waals surface area contributed by atoms with Crippen LogP contribution in [0.4, 0.5) is 4.79 Å². The molecule has 0 unspecified atom stereocenters. The third kappa shape index (κ3) is 3.22. The van der Waals surface area contributed by atoms with Gasteiger partial charge in [-0.2, -0.15) is 0 Å². The van der Waals surface area contributed by atoms with Gasteiger partial charge in [0.1, 0.15) is 0 Å². The summed E-state index contributed by atoms with van der Waals surface area (Å²) in [5, 5.41) is 18.1. The normalized spacial score (nSPS) is 12.1. The van der Waals surface area contributed by atoms with Gasteiger partial charge >= 0.3 is 6.09 Å². The molecule has 0 fully saturated rings. The second-order valence-electron chi connectivity index (χ2n) is 3.47. The van der Waals surface area contributed by atoms with E-state index in [0.717, 1.165) is 10.5 Å². The van der Waals surface area contributed by atoms with Gasteiger partial charge in [-0.3, -0.25) is 4.90 Å². The average molecular weight is 224 g/mol. The molecular weight excluding hydrogens is 208 g/mol. The summed E-state index contributed by atoms with van der Waals surface area (Å²) in [6.45, 7) is 0.0733. The Labute approximate surface area is 94.1 Å². The summed E-state index contributed by atoms with van der Waals surface area (Å²) in [4.78, 5) is 12.2. The maximum atomic E-state index is 11.0. The molecule has 1 rings (SSSR count). The number of nitrogens with zero attached hydrogens (tertiary/aromatic N) is 1. The van der Waals surface area contributed by atoms with Crippen LogP contribution in [0.15, 0.2) is 30.3 Å². The molecule has 88 valence electrons. The van der Waals surface area contributed by atoms with Gasteiger partial charge in [0.05, 0.1) is 12.6 Å². The standard InChI is InChI=1S/C11H16N2O3/c12-6-10(8-14)13(11(15)16)7-9-4-2-1-3-5-9/h1-5,10,14H,6-8,12H2,(H,15,16)/t10-/m0/s1. The van der Waals surface area contributed by atoms with Crippen LogP contribution in [-0.2, 0) is 6.54 Å². The number of hydrogen-bond donors (Lipinski definition) is 3. The van der Waals surface area contributed by atoms with Crippen molar-refractivity contribution in [2.75, 3.05) is 13.2 Å². The molecular formula is C11H16N2O3. The van der Waals surface area contributed by atoms with E-state index in [9.17, 15) is 4.79 Å². The zero-order valence-electron chi connectivity index (χ0n) is 8.91. The van der Waals surface area contributed by atoms with Gasteiger partial charge in [-0.1, -0.05) is 30.3 Å². The second-order valence-corrected chi connectivity index (χ2v) is 3.47. The first-order valence-corrected chi connectivity index (χ1v) is 5.03. The Balaban J connectivity index is 2.76. The van der Waals surface area contributed by atoms with Crippen molar-refractivity contribution in [3.63, 3.8) is 0 Å². The first kappa shape index (κ1) is 12.5. The molecule has 0 radical (unpaired) electrons. The van der Waals surface area contributed by atoms with Crippen LogP contribution in [0.5, 0.6) is 0 Å². The summed E-state index contributed by atoms with van der Waals surface area (Å²) < 4.78 is 0. The molecule has 0 spiro atoms. The Morgan fingerprint density at radius 2 is 2.00 bits per heavy atom. The summed E-state index contributed by atoms with van der Waals surface area (Å²) in [5.41, 5.74) is 6.28. The van der Waals surface area contributed by atoms with Gasteiger partial charge in [-0.05, 0) is 5.56 Å². The molecule has 1 atom stereocenters. The minimum atomic E-state index is -1.08. The zero-order chi connectivity index (χ0) is 12.0. The lowest BCUT2D eigenvalue weighted by Crippen LogP contribution is -2.45. The smallest absolute Gasteiger partial charge is 0.407 e. The highest BCUT2D eigenvalue weighted by Gasteiger charge is 2.21. The predicted octanol–water partition coefficient (Wildman–Crippen LogP) is 0.486. The summed E-state index contributed by atoms with van der Waals surface area (Å²) in [7, 11) is 0. The number of benzene rings is 1. The van der Waals surface area contributed by atoms with Crippen molar-refractivity contribution in [3.8, 4) is 0 Å². The summed E-state index contributed by atoms with van der Waals surface area (Å²) in [6.07, 6.45) is -1.08. The molecule has 0 aliphatic carbocycles. The van der Waals surface area contributed by atoms with Gasteiger partial charge in [0.15, 0.2) is 0 Å². The summed E-state index contributed by atoms with van der Waals surface area (Å²) in [6, 6.07) is 8.65. The van der Waals surface area contributed by atoms with Crippen LogP contribution in [0.1, 0.15) is 5.56 Å². The van der Waals surface area contributed by atoms with Gasteiger partial charge in [-0.25, -0.2) is 4.79 Å². The Kier molecular flexibility index (Phi) is 4.75. The minimum Gasteiger partial charge on any atom is -0.465 e. The molecule has 5 nitrogen and oxygen atoms in total. The van der Waals surface area contributed by atoms with E-state index in [4.69, 9.17) is 15.9 Å². The van der Waals surface area contributed by atoms with Gasteiger partial charge in [0, 0.05) is 13.1 Å². The number of nitrogens with two attached hydrogens (primary N) is 1. The maximum Gasteiger partial charge on any atom is 0.407 e. The molecule has 0 aromatic heterocycles. The van der Waals surface area contributed by atoms with Crippen molar-refractivity contribution >= 4 is 6.09 Å². The molecule has 0 saturated carbocycles. The highest BCUT2D eigenvalue weighted by molar-refractivity contribution is 5.65. The SMILES string of the molecule is NC[C@@H](CO)N(Cc1ccccc1)C(=O)O. The zero-order valence-corrected chi connectivity index (χ0v) is 8.91. The van der Waals surface area contributed by atoms with Gasteiger partial charge in [0.25, 0.3) is 0 Å². The molecule has 1 aromatic rings. The number of aliphatic hydroxyl groups excluding tert-OH is 1. The predicted molar refractivity (Wildman–Crippen MR) is 59.9 cm³/mol. The monoisotopic (exact) mass is 224 g/mol. The minimum absolute atomic E-state index is 0.107. The molecule has 1 amide bonds. The topological polar surface area (TPSA) is 86.8 Å². The third-order valence-electron chi connectivity index (χ3n) is 2.37.